The predicted molar refractivity (Wildman–Crippen MR) is 90.0 cm³/mol. The van der Waals surface area contributed by atoms with Gasteiger partial charge in [-0.2, -0.15) is 5.10 Å². The maximum atomic E-state index is 4.47. The van der Waals surface area contributed by atoms with Crippen LogP contribution >= 0.6 is 0 Å². The van der Waals surface area contributed by atoms with Gasteiger partial charge in [0, 0.05) is 50.0 Å². The average molecular weight is 321 g/mol. The SMILES string of the molecule is c1cnc(NCc2n[nH]c3c2CCN(Cc2ccncc2)C3)nc1. The quantitative estimate of drug-likeness (QED) is 0.745. The van der Waals surface area contributed by atoms with Crippen molar-refractivity contribution in [1.29, 1.82) is 0 Å². The lowest BCUT2D eigenvalue weighted by atomic mass is 10.0. The summed E-state index contributed by atoms with van der Waals surface area (Å²) < 4.78 is 0. The van der Waals surface area contributed by atoms with Gasteiger partial charge in [-0.05, 0) is 30.2 Å². The van der Waals surface area contributed by atoms with Crippen LogP contribution in [0.3, 0.4) is 0 Å². The monoisotopic (exact) mass is 321 g/mol. The molecule has 0 unspecified atom stereocenters. The third kappa shape index (κ3) is 3.26. The van der Waals surface area contributed by atoms with Crippen LogP contribution < -0.4 is 5.32 Å². The molecule has 0 fully saturated rings. The molecule has 0 amide bonds. The van der Waals surface area contributed by atoms with Crippen molar-refractivity contribution in [3.05, 3.63) is 65.5 Å². The van der Waals surface area contributed by atoms with Gasteiger partial charge in [-0.15, -0.1) is 0 Å². The molecule has 4 rings (SSSR count). The Labute approximate surface area is 140 Å². The van der Waals surface area contributed by atoms with E-state index < -0.39 is 0 Å². The molecule has 4 heterocycles. The summed E-state index contributed by atoms with van der Waals surface area (Å²) in [5.41, 5.74) is 4.88. The van der Waals surface area contributed by atoms with Gasteiger partial charge in [0.05, 0.1) is 17.9 Å². The normalized spacial score (nSPS) is 14.3. The van der Waals surface area contributed by atoms with E-state index in [0.717, 1.165) is 31.7 Å². The number of H-pyrrole nitrogens is 1. The molecule has 1 aliphatic rings. The number of fused-ring (bicyclic) bond motifs is 1. The molecule has 3 aromatic heterocycles. The molecule has 0 spiro atoms. The van der Waals surface area contributed by atoms with Crippen molar-refractivity contribution in [2.45, 2.75) is 26.1 Å². The minimum Gasteiger partial charge on any atom is -0.348 e. The van der Waals surface area contributed by atoms with E-state index in [1.807, 2.05) is 12.4 Å². The van der Waals surface area contributed by atoms with E-state index in [1.165, 1.54) is 16.8 Å². The lowest BCUT2D eigenvalue weighted by Crippen LogP contribution is -2.30. The van der Waals surface area contributed by atoms with Gasteiger partial charge >= 0.3 is 0 Å². The van der Waals surface area contributed by atoms with Crippen LogP contribution in [0.2, 0.25) is 0 Å². The first kappa shape index (κ1) is 14.8. The summed E-state index contributed by atoms with van der Waals surface area (Å²) in [4.78, 5) is 14.8. The Balaban J connectivity index is 1.40. The van der Waals surface area contributed by atoms with Crippen molar-refractivity contribution in [2.24, 2.45) is 0 Å². The summed E-state index contributed by atoms with van der Waals surface area (Å²) >= 11 is 0. The molecule has 122 valence electrons. The van der Waals surface area contributed by atoms with Crippen LogP contribution in [0.5, 0.6) is 0 Å². The van der Waals surface area contributed by atoms with Gasteiger partial charge in [-0.1, -0.05) is 0 Å². The zero-order valence-corrected chi connectivity index (χ0v) is 13.3. The van der Waals surface area contributed by atoms with E-state index in [2.05, 4.69) is 47.5 Å². The highest BCUT2D eigenvalue weighted by Gasteiger charge is 2.21. The minimum atomic E-state index is 0.629. The molecule has 0 atom stereocenters. The second-order valence-corrected chi connectivity index (χ2v) is 5.87. The van der Waals surface area contributed by atoms with Crippen LogP contribution in [0, 0.1) is 0 Å². The summed E-state index contributed by atoms with van der Waals surface area (Å²) in [6.45, 7) is 3.50. The first-order valence-electron chi connectivity index (χ1n) is 8.05. The van der Waals surface area contributed by atoms with E-state index in [0.29, 0.717) is 12.5 Å². The van der Waals surface area contributed by atoms with Crippen LogP contribution in [0.25, 0.3) is 0 Å². The van der Waals surface area contributed by atoms with Gasteiger partial charge in [0.1, 0.15) is 0 Å². The van der Waals surface area contributed by atoms with Crippen molar-refractivity contribution >= 4 is 5.95 Å². The third-order valence-corrected chi connectivity index (χ3v) is 4.23. The second kappa shape index (κ2) is 6.76. The van der Waals surface area contributed by atoms with Crippen LogP contribution in [0.1, 0.15) is 22.5 Å². The number of aromatic amines is 1. The van der Waals surface area contributed by atoms with E-state index in [1.54, 1.807) is 18.5 Å². The summed E-state index contributed by atoms with van der Waals surface area (Å²) in [7, 11) is 0. The summed E-state index contributed by atoms with van der Waals surface area (Å²) in [6, 6.07) is 5.94. The molecule has 1 aliphatic heterocycles. The summed E-state index contributed by atoms with van der Waals surface area (Å²) in [5, 5.41) is 10.9. The molecule has 0 radical (unpaired) electrons. The lowest BCUT2D eigenvalue weighted by Gasteiger charge is -2.26. The number of rotatable bonds is 5. The predicted octanol–water partition coefficient (Wildman–Crippen LogP) is 1.77. The van der Waals surface area contributed by atoms with Gasteiger partial charge in [-0.3, -0.25) is 15.0 Å². The second-order valence-electron chi connectivity index (χ2n) is 5.87. The molecule has 7 nitrogen and oxygen atoms in total. The summed E-state index contributed by atoms with van der Waals surface area (Å²) in [5.74, 6) is 0.629. The third-order valence-electron chi connectivity index (χ3n) is 4.23. The van der Waals surface area contributed by atoms with Crippen LogP contribution in [-0.4, -0.2) is 36.6 Å². The molecule has 0 aromatic carbocycles. The van der Waals surface area contributed by atoms with Crippen LogP contribution in [0.15, 0.2) is 43.0 Å². The highest BCUT2D eigenvalue weighted by Crippen LogP contribution is 2.22. The molecule has 0 saturated heterocycles. The molecule has 0 aliphatic carbocycles. The van der Waals surface area contributed by atoms with Crippen molar-refractivity contribution in [1.82, 2.24) is 30.0 Å². The Morgan fingerprint density at radius 1 is 1.12 bits per heavy atom. The highest BCUT2D eigenvalue weighted by molar-refractivity contribution is 5.32. The molecular weight excluding hydrogens is 302 g/mol. The van der Waals surface area contributed by atoms with Crippen LogP contribution in [-0.2, 0) is 26.1 Å². The smallest absolute Gasteiger partial charge is 0.222 e. The van der Waals surface area contributed by atoms with Gasteiger partial charge in [0.2, 0.25) is 5.95 Å². The molecule has 2 N–H and O–H groups in total. The van der Waals surface area contributed by atoms with Gasteiger partial charge < -0.3 is 5.32 Å². The number of nitrogens with one attached hydrogen (secondary N) is 2. The van der Waals surface area contributed by atoms with E-state index in [-0.39, 0.29) is 0 Å². The zero-order chi connectivity index (χ0) is 16.2. The lowest BCUT2D eigenvalue weighted by molar-refractivity contribution is 0.242. The maximum Gasteiger partial charge on any atom is 0.222 e. The van der Waals surface area contributed by atoms with Crippen molar-refractivity contribution in [3.8, 4) is 0 Å². The molecule has 0 saturated carbocycles. The number of hydrogen-bond acceptors (Lipinski definition) is 6. The highest BCUT2D eigenvalue weighted by atomic mass is 15.2. The fraction of sp³-hybridized carbons (Fsp3) is 0.294. The molecule has 0 bridgehead atoms. The van der Waals surface area contributed by atoms with E-state index in [4.69, 9.17) is 0 Å². The number of nitrogens with zero attached hydrogens (tertiary/aromatic N) is 5. The Bertz CT molecular complexity index is 785. The Morgan fingerprint density at radius 2 is 1.96 bits per heavy atom. The topological polar surface area (TPSA) is 82.6 Å². The fourth-order valence-corrected chi connectivity index (χ4v) is 3.02. The first-order chi connectivity index (χ1) is 11.9. The Hall–Kier alpha value is -2.80. The fourth-order valence-electron chi connectivity index (χ4n) is 3.02. The minimum absolute atomic E-state index is 0.629. The van der Waals surface area contributed by atoms with E-state index in [9.17, 15) is 0 Å². The van der Waals surface area contributed by atoms with Crippen molar-refractivity contribution < 1.29 is 0 Å². The molecule has 3 aromatic rings. The number of aromatic nitrogens is 5. The average Bonchev–Trinajstić information content (AvgIpc) is 3.04. The largest absolute Gasteiger partial charge is 0.348 e. The number of anilines is 1. The van der Waals surface area contributed by atoms with Crippen molar-refractivity contribution in [2.75, 3.05) is 11.9 Å². The van der Waals surface area contributed by atoms with Gasteiger partial charge in [-0.25, -0.2) is 9.97 Å². The number of pyridine rings is 1. The summed E-state index contributed by atoms with van der Waals surface area (Å²) in [6.07, 6.45) is 8.15. The van der Waals surface area contributed by atoms with Gasteiger partial charge in [0.15, 0.2) is 0 Å². The van der Waals surface area contributed by atoms with Crippen molar-refractivity contribution in [3.63, 3.8) is 0 Å². The number of hydrogen-bond donors (Lipinski definition) is 2. The molecule has 7 heteroatoms. The first-order valence-corrected chi connectivity index (χ1v) is 8.05. The van der Waals surface area contributed by atoms with Gasteiger partial charge in [0.25, 0.3) is 0 Å². The Morgan fingerprint density at radius 3 is 2.79 bits per heavy atom. The van der Waals surface area contributed by atoms with E-state index >= 15 is 0 Å². The maximum absolute atomic E-state index is 4.47. The molecular formula is C17H19N7. The zero-order valence-electron chi connectivity index (χ0n) is 13.3. The Kier molecular flexibility index (Phi) is 4.16. The molecule has 24 heavy (non-hydrogen) atoms. The standard InChI is InChI=1S/C17H19N7/c1-5-19-17(20-6-1)21-10-15-14-4-9-24(12-16(14)23-22-15)11-13-2-7-18-8-3-13/h1-3,5-8H,4,9-12H2,(H,22,23)(H,19,20,21). The van der Waals surface area contributed by atoms with Crippen LogP contribution in [0.4, 0.5) is 5.95 Å².